The molecule has 45 heavy (non-hydrogen) atoms. The van der Waals surface area contributed by atoms with Crippen molar-refractivity contribution < 1.29 is 37.0 Å². The highest BCUT2D eigenvalue weighted by Gasteiger charge is 2.35. The lowest BCUT2D eigenvalue weighted by atomic mass is 10.1. The van der Waals surface area contributed by atoms with E-state index in [1.165, 1.54) is 57.6 Å². The molecule has 3 aromatic carbocycles. The van der Waals surface area contributed by atoms with Gasteiger partial charge in [0.1, 0.15) is 24.1 Å². The predicted octanol–water partition coefficient (Wildman–Crippen LogP) is 4.56. The Kier molecular flexibility index (Phi) is 11.3. The van der Waals surface area contributed by atoms with Crippen LogP contribution in [0.3, 0.4) is 0 Å². The number of anilines is 1. The van der Waals surface area contributed by atoms with Crippen molar-refractivity contribution in [1.29, 1.82) is 0 Å². The molecule has 0 aliphatic rings. The van der Waals surface area contributed by atoms with Crippen LogP contribution in [0.4, 0.5) is 5.69 Å². The summed E-state index contributed by atoms with van der Waals surface area (Å²) in [6.07, 6.45) is 0. The highest BCUT2D eigenvalue weighted by molar-refractivity contribution is 7.92. The van der Waals surface area contributed by atoms with Crippen LogP contribution in [0.2, 0.25) is 0 Å². The molecule has 0 saturated carbocycles. The first kappa shape index (κ1) is 35.0. The third kappa shape index (κ3) is 8.59. The molecule has 1 unspecified atom stereocenters. The zero-order chi connectivity index (χ0) is 33.5. The molecule has 0 aromatic heterocycles. The van der Waals surface area contributed by atoms with Crippen LogP contribution in [0.5, 0.6) is 23.0 Å². The van der Waals surface area contributed by atoms with E-state index in [2.05, 4.69) is 5.32 Å². The average molecular weight is 642 g/mol. The van der Waals surface area contributed by atoms with Gasteiger partial charge in [0.05, 0.1) is 39.0 Å². The summed E-state index contributed by atoms with van der Waals surface area (Å²) in [5, 5.41) is 2.92. The van der Waals surface area contributed by atoms with E-state index in [4.69, 9.17) is 18.9 Å². The van der Waals surface area contributed by atoms with Gasteiger partial charge < -0.3 is 29.2 Å². The molecule has 0 saturated heterocycles. The Labute approximate surface area is 266 Å². The topological polar surface area (TPSA) is 124 Å². The van der Waals surface area contributed by atoms with E-state index in [1.54, 1.807) is 19.1 Å². The summed E-state index contributed by atoms with van der Waals surface area (Å²) in [7, 11) is 1.25. The summed E-state index contributed by atoms with van der Waals surface area (Å²) in [6, 6.07) is 15.4. The van der Waals surface area contributed by atoms with E-state index < -0.39 is 34.1 Å². The smallest absolute Gasteiger partial charge is 0.265 e. The molecule has 0 aliphatic carbocycles. The lowest BCUT2D eigenvalue weighted by Gasteiger charge is -2.34. The number of amides is 2. The Balaban J connectivity index is 2.18. The van der Waals surface area contributed by atoms with E-state index in [9.17, 15) is 18.0 Å². The van der Waals surface area contributed by atoms with Gasteiger partial charge in [0, 0.05) is 24.2 Å². The largest absolute Gasteiger partial charge is 0.497 e. The van der Waals surface area contributed by atoms with Gasteiger partial charge in [0.15, 0.2) is 11.5 Å². The minimum Gasteiger partial charge on any atom is -0.497 e. The van der Waals surface area contributed by atoms with Crippen LogP contribution in [-0.4, -0.2) is 71.7 Å². The van der Waals surface area contributed by atoms with Gasteiger partial charge in [-0.1, -0.05) is 29.8 Å². The van der Waals surface area contributed by atoms with Crippen LogP contribution in [0, 0.1) is 6.92 Å². The van der Waals surface area contributed by atoms with Gasteiger partial charge >= 0.3 is 0 Å². The SMILES string of the molecule is COc1ccc(OC)c(N(CC(=O)N(Cc2cccc(C)c2)C(C)C(=O)NC(C)(C)C)S(=O)(=O)c2ccc(OC)c(OC)c2)c1. The minimum atomic E-state index is -4.44. The lowest BCUT2D eigenvalue weighted by Crippen LogP contribution is -2.54. The van der Waals surface area contributed by atoms with Crippen molar-refractivity contribution >= 4 is 27.5 Å². The zero-order valence-corrected chi connectivity index (χ0v) is 28.2. The first-order valence-electron chi connectivity index (χ1n) is 14.3. The quantitative estimate of drug-likeness (QED) is 0.288. The molecule has 2 amide bonds. The molecule has 0 spiro atoms. The summed E-state index contributed by atoms with van der Waals surface area (Å²) in [4.78, 5) is 28.9. The first-order valence-corrected chi connectivity index (χ1v) is 15.7. The number of ether oxygens (including phenoxy) is 4. The molecule has 3 rings (SSSR count). The van der Waals surface area contributed by atoms with E-state index in [0.717, 1.165) is 15.4 Å². The maximum Gasteiger partial charge on any atom is 0.265 e. The van der Waals surface area contributed by atoms with Gasteiger partial charge in [-0.05, 0) is 64.4 Å². The van der Waals surface area contributed by atoms with Crippen LogP contribution in [-0.2, 0) is 26.2 Å². The molecule has 0 heterocycles. The molecular weight excluding hydrogens is 598 g/mol. The average Bonchev–Trinajstić information content (AvgIpc) is 3.00. The number of nitrogens with one attached hydrogen (secondary N) is 1. The van der Waals surface area contributed by atoms with Gasteiger partial charge in [0.25, 0.3) is 10.0 Å². The molecule has 12 heteroatoms. The second kappa shape index (κ2) is 14.6. The molecule has 3 aromatic rings. The molecule has 0 bridgehead atoms. The van der Waals surface area contributed by atoms with Crippen LogP contribution in [0.1, 0.15) is 38.8 Å². The van der Waals surface area contributed by atoms with Crippen molar-refractivity contribution in [1.82, 2.24) is 10.2 Å². The van der Waals surface area contributed by atoms with Crippen LogP contribution in [0.15, 0.2) is 65.6 Å². The molecule has 1 atom stereocenters. The summed E-state index contributed by atoms with van der Waals surface area (Å²) in [6.45, 7) is 8.49. The number of hydrogen-bond acceptors (Lipinski definition) is 8. The van der Waals surface area contributed by atoms with Crippen LogP contribution in [0.25, 0.3) is 0 Å². The predicted molar refractivity (Wildman–Crippen MR) is 173 cm³/mol. The van der Waals surface area contributed by atoms with Crippen LogP contribution >= 0.6 is 0 Å². The van der Waals surface area contributed by atoms with Gasteiger partial charge in [-0.2, -0.15) is 0 Å². The van der Waals surface area contributed by atoms with E-state index in [1.807, 2.05) is 52.0 Å². The number of rotatable bonds is 13. The minimum absolute atomic E-state index is 0.0682. The second-order valence-electron chi connectivity index (χ2n) is 11.5. The summed E-state index contributed by atoms with van der Waals surface area (Å²) < 4.78 is 51.3. The third-order valence-corrected chi connectivity index (χ3v) is 8.73. The zero-order valence-electron chi connectivity index (χ0n) is 27.3. The number of hydrogen-bond donors (Lipinski definition) is 1. The maximum atomic E-state index is 14.4. The molecule has 0 radical (unpaired) electrons. The Morgan fingerprint density at radius 1 is 0.844 bits per heavy atom. The van der Waals surface area contributed by atoms with Crippen molar-refractivity contribution in [3.8, 4) is 23.0 Å². The van der Waals surface area contributed by atoms with Crippen LogP contribution < -0.4 is 28.6 Å². The summed E-state index contributed by atoms with van der Waals surface area (Å²) in [5.41, 5.74) is 1.28. The maximum absolute atomic E-state index is 14.4. The standard InChI is InChI=1S/C33H43N3O8S/c1-22-11-10-12-24(17-22)20-35(23(2)32(38)34-33(3,4)5)31(37)21-36(27-18-25(41-6)13-15-28(27)42-7)45(39,40)26-14-16-29(43-8)30(19-26)44-9/h10-19,23H,20-21H2,1-9H3,(H,34,38). The Bertz CT molecular complexity index is 1620. The molecule has 0 aliphatic heterocycles. The van der Waals surface area contributed by atoms with Crippen molar-refractivity contribution in [2.75, 3.05) is 39.3 Å². The van der Waals surface area contributed by atoms with Crippen molar-refractivity contribution in [3.05, 3.63) is 71.8 Å². The Hall–Kier alpha value is -4.45. The van der Waals surface area contributed by atoms with E-state index >= 15 is 0 Å². The highest BCUT2D eigenvalue weighted by Crippen LogP contribution is 2.37. The molecule has 0 fully saturated rings. The van der Waals surface area contributed by atoms with E-state index in [0.29, 0.717) is 11.5 Å². The van der Waals surface area contributed by atoms with Crippen molar-refractivity contribution in [2.24, 2.45) is 0 Å². The fourth-order valence-electron chi connectivity index (χ4n) is 4.67. The lowest BCUT2D eigenvalue weighted by molar-refractivity contribution is -0.140. The number of benzene rings is 3. The van der Waals surface area contributed by atoms with Crippen molar-refractivity contribution in [2.45, 2.75) is 57.6 Å². The van der Waals surface area contributed by atoms with Gasteiger partial charge in [-0.15, -0.1) is 0 Å². The Morgan fingerprint density at radius 2 is 1.49 bits per heavy atom. The third-order valence-electron chi connectivity index (χ3n) is 6.98. The highest BCUT2D eigenvalue weighted by atomic mass is 32.2. The molecule has 244 valence electrons. The van der Waals surface area contributed by atoms with E-state index in [-0.39, 0.29) is 34.5 Å². The number of carbonyl (C=O) groups excluding carboxylic acids is 2. The molecule has 1 N–H and O–H groups in total. The number of carbonyl (C=O) groups is 2. The first-order chi connectivity index (χ1) is 21.1. The number of sulfonamides is 1. The second-order valence-corrected chi connectivity index (χ2v) is 13.4. The van der Waals surface area contributed by atoms with Crippen molar-refractivity contribution in [3.63, 3.8) is 0 Å². The van der Waals surface area contributed by atoms with Gasteiger partial charge in [-0.3, -0.25) is 13.9 Å². The number of methoxy groups -OCH3 is 4. The Morgan fingerprint density at radius 3 is 2.07 bits per heavy atom. The van der Waals surface area contributed by atoms with Gasteiger partial charge in [-0.25, -0.2) is 8.42 Å². The number of aryl methyl sites for hydroxylation is 1. The fourth-order valence-corrected chi connectivity index (χ4v) is 6.11. The number of nitrogens with zero attached hydrogens (tertiary/aromatic N) is 2. The summed E-state index contributed by atoms with van der Waals surface area (Å²) in [5.74, 6) is 0.0764. The fraction of sp³-hybridized carbons (Fsp3) is 0.394. The summed E-state index contributed by atoms with van der Waals surface area (Å²) >= 11 is 0. The van der Waals surface area contributed by atoms with Gasteiger partial charge in [0.2, 0.25) is 11.8 Å². The monoisotopic (exact) mass is 641 g/mol. The normalized spacial score (nSPS) is 12.1. The molecule has 11 nitrogen and oxygen atoms in total. The molecular formula is C33H43N3O8S.